The van der Waals surface area contributed by atoms with Crippen LogP contribution in [0.1, 0.15) is 39.5 Å². The molecule has 1 rings (SSSR count). The van der Waals surface area contributed by atoms with Crippen molar-refractivity contribution in [2.24, 2.45) is 5.92 Å². The molecule has 0 aromatic heterocycles. The first-order chi connectivity index (χ1) is 9.43. The maximum Gasteiger partial charge on any atom is 0.329 e. The van der Waals surface area contributed by atoms with Crippen LogP contribution in [-0.2, 0) is 4.79 Å². The number of urea groups is 1. The molecule has 1 saturated heterocycles. The van der Waals surface area contributed by atoms with E-state index in [1.807, 2.05) is 0 Å². The smallest absolute Gasteiger partial charge is 0.329 e. The summed E-state index contributed by atoms with van der Waals surface area (Å²) < 4.78 is 0. The Kier molecular flexibility index (Phi) is 6.26. The van der Waals surface area contributed by atoms with Crippen LogP contribution in [0.4, 0.5) is 4.79 Å². The highest BCUT2D eigenvalue weighted by atomic mass is 16.4. The van der Waals surface area contributed by atoms with E-state index in [1.165, 1.54) is 0 Å². The molecule has 0 spiro atoms. The Morgan fingerprint density at radius 1 is 1.25 bits per heavy atom. The van der Waals surface area contributed by atoms with Crippen molar-refractivity contribution in [3.05, 3.63) is 0 Å². The third-order valence-corrected chi connectivity index (χ3v) is 4.36. The number of rotatable bonds is 6. The van der Waals surface area contributed by atoms with E-state index < -0.39 is 11.5 Å². The topological polar surface area (TPSA) is 81.7 Å². The second-order valence-corrected chi connectivity index (χ2v) is 5.68. The molecule has 1 heterocycles. The molecule has 0 unspecified atom stereocenters. The van der Waals surface area contributed by atoms with Gasteiger partial charge in [-0.1, -0.05) is 13.8 Å². The van der Waals surface area contributed by atoms with Crippen molar-refractivity contribution in [3.63, 3.8) is 0 Å². The number of carbonyl (C=O) groups excluding carboxylic acids is 1. The lowest BCUT2D eigenvalue weighted by Crippen LogP contribution is -2.57. The Balaban J connectivity index is 2.41. The van der Waals surface area contributed by atoms with Gasteiger partial charge in [0.2, 0.25) is 0 Å². The van der Waals surface area contributed by atoms with E-state index in [1.54, 1.807) is 13.8 Å². The molecule has 6 nitrogen and oxygen atoms in total. The van der Waals surface area contributed by atoms with Crippen LogP contribution in [0, 0.1) is 5.92 Å². The lowest BCUT2D eigenvalue weighted by atomic mass is 9.93. The molecule has 0 bridgehead atoms. The Bertz CT molecular complexity index is 335. The average Bonchev–Trinajstić information content (AvgIpc) is 2.44. The molecule has 0 atom stereocenters. The highest BCUT2D eigenvalue weighted by molar-refractivity contribution is 5.86. The number of hydrogen-bond donors (Lipinski definition) is 3. The fraction of sp³-hybridized carbons (Fsp3) is 0.857. The van der Waals surface area contributed by atoms with Crippen molar-refractivity contribution >= 4 is 12.0 Å². The van der Waals surface area contributed by atoms with Gasteiger partial charge in [-0.25, -0.2) is 9.59 Å². The zero-order valence-corrected chi connectivity index (χ0v) is 12.7. The molecule has 6 heteroatoms. The van der Waals surface area contributed by atoms with Crippen molar-refractivity contribution in [2.75, 3.05) is 26.7 Å². The van der Waals surface area contributed by atoms with Crippen LogP contribution in [0.2, 0.25) is 0 Å². The fourth-order valence-electron chi connectivity index (χ4n) is 2.55. The first-order valence-electron chi connectivity index (χ1n) is 7.41. The molecule has 116 valence electrons. The minimum Gasteiger partial charge on any atom is -0.480 e. The molecule has 20 heavy (non-hydrogen) atoms. The van der Waals surface area contributed by atoms with Crippen molar-refractivity contribution in [1.82, 2.24) is 15.5 Å². The van der Waals surface area contributed by atoms with Crippen LogP contribution < -0.4 is 10.6 Å². The minimum absolute atomic E-state index is 0.375. The standard InChI is InChI=1S/C14H27N3O3/c1-4-14(5-2,12(18)19)16-13(20)15-10-11-6-8-17(3)9-7-11/h11H,4-10H2,1-3H3,(H,18,19)(H2,15,16,20). The minimum atomic E-state index is -1.16. The molecule has 0 saturated carbocycles. The molecular formula is C14H27N3O3. The number of nitrogens with one attached hydrogen (secondary N) is 2. The Morgan fingerprint density at radius 3 is 2.25 bits per heavy atom. The van der Waals surface area contributed by atoms with Gasteiger partial charge in [0.15, 0.2) is 0 Å². The Hall–Kier alpha value is -1.30. The van der Waals surface area contributed by atoms with E-state index in [4.69, 9.17) is 0 Å². The SMILES string of the molecule is CCC(CC)(NC(=O)NCC1CCN(C)CC1)C(=O)O. The van der Waals surface area contributed by atoms with E-state index in [2.05, 4.69) is 22.6 Å². The van der Waals surface area contributed by atoms with E-state index in [0.717, 1.165) is 25.9 Å². The van der Waals surface area contributed by atoms with Crippen LogP contribution in [0.3, 0.4) is 0 Å². The number of carbonyl (C=O) groups is 2. The van der Waals surface area contributed by atoms with Gasteiger partial charge in [-0.2, -0.15) is 0 Å². The highest BCUT2D eigenvalue weighted by Crippen LogP contribution is 2.16. The van der Waals surface area contributed by atoms with Crippen LogP contribution in [0.5, 0.6) is 0 Å². The van der Waals surface area contributed by atoms with Crippen molar-refractivity contribution in [3.8, 4) is 0 Å². The van der Waals surface area contributed by atoms with Gasteiger partial charge in [0.1, 0.15) is 5.54 Å². The summed E-state index contributed by atoms with van der Waals surface area (Å²) in [6.07, 6.45) is 2.89. The summed E-state index contributed by atoms with van der Waals surface area (Å²) in [7, 11) is 2.10. The summed E-state index contributed by atoms with van der Waals surface area (Å²) in [5.74, 6) is -0.489. The number of likely N-dealkylation sites (tertiary alicyclic amines) is 1. The number of piperidine rings is 1. The Morgan fingerprint density at radius 2 is 1.80 bits per heavy atom. The van der Waals surface area contributed by atoms with Crippen molar-refractivity contribution in [1.29, 1.82) is 0 Å². The number of carboxylic acid groups (broad SMARTS) is 1. The molecule has 1 fully saturated rings. The molecule has 0 aliphatic carbocycles. The average molecular weight is 285 g/mol. The molecule has 3 N–H and O–H groups in total. The lowest BCUT2D eigenvalue weighted by molar-refractivity contribution is -0.144. The van der Waals surface area contributed by atoms with Gasteiger partial charge in [0.25, 0.3) is 0 Å². The summed E-state index contributed by atoms with van der Waals surface area (Å²) in [4.78, 5) is 25.5. The van der Waals surface area contributed by atoms with Gasteiger partial charge in [0, 0.05) is 6.54 Å². The summed E-state index contributed by atoms with van der Waals surface area (Å²) >= 11 is 0. The first kappa shape index (κ1) is 16.8. The van der Waals surface area contributed by atoms with Crippen molar-refractivity contribution in [2.45, 2.75) is 45.1 Å². The molecule has 0 aromatic rings. The maximum atomic E-state index is 11.9. The fourth-order valence-corrected chi connectivity index (χ4v) is 2.55. The van der Waals surface area contributed by atoms with Crippen molar-refractivity contribution < 1.29 is 14.7 Å². The van der Waals surface area contributed by atoms with Gasteiger partial charge < -0.3 is 20.6 Å². The van der Waals surface area contributed by atoms with Gasteiger partial charge >= 0.3 is 12.0 Å². The molecule has 0 radical (unpaired) electrons. The summed E-state index contributed by atoms with van der Waals surface area (Å²) in [6.45, 7) is 6.26. The van der Waals surface area contributed by atoms with E-state index in [-0.39, 0.29) is 6.03 Å². The molecular weight excluding hydrogens is 258 g/mol. The quantitative estimate of drug-likeness (QED) is 0.686. The number of amides is 2. The van der Waals surface area contributed by atoms with Crippen LogP contribution in [0.25, 0.3) is 0 Å². The van der Waals surface area contributed by atoms with Gasteiger partial charge in [-0.3, -0.25) is 0 Å². The summed E-state index contributed by atoms with van der Waals surface area (Å²) in [5, 5.41) is 14.7. The number of carboxylic acids is 1. The second kappa shape index (κ2) is 7.47. The van der Waals surface area contributed by atoms with E-state index in [0.29, 0.717) is 25.3 Å². The van der Waals surface area contributed by atoms with E-state index >= 15 is 0 Å². The van der Waals surface area contributed by atoms with E-state index in [9.17, 15) is 14.7 Å². The predicted molar refractivity (Wildman–Crippen MR) is 77.7 cm³/mol. The lowest BCUT2D eigenvalue weighted by Gasteiger charge is -2.30. The zero-order valence-electron chi connectivity index (χ0n) is 12.7. The van der Waals surface area contributed by atoms with Crippen LogP contribution in [0.15, 0.2) is 0 Å². The number of nitrogens with zero attached hydrogens (tertiary/aromatic N) is 1. The largest absolute Gasteiger partial charge is 0.480 e. The van der Waals surface area contributed by atoms with Gasteiger partial charge in [-0.05, 0) is 51.7 Å². The van der Waals surface area contributed by atoms with Crippen LogP contribution >= 0.6 is 0 Å². The number of aliphatic carboxylic acids is 1. The normalized spacial score (nSPS) is 17.8. The molecule has 2 amide bonds. The predicted octanol–water partition coefficient (Wildman–Crippen LogP) is 1.27. The molecule has 0 aromatic carbocycles. The third-order valence-electron chi connectivity index (χ3n) is 4.36. The first-order valence-corrected chi connectivity index (χ1v) is 7.41. The monoisotopic (exact) mass is 285 g/mol. The van der Waals surface area contributed by atoms with Crippen LogP contribution in [-0.4, -0.2) is 54.2 Å². The zero-order chi connectivity index (χ0) is 15.2. The molecule has 1 aliphatic rings. The maximum absolute atomic E-state index is 11.9. The summed E-state index contributed by atoms with van der Waals surface area (Å²) in [6, 6.07) is -0.380. The Labute approximate surface area is 120 Å². The summed E-state index contributed by atoms with van der Waals surface area (Å²) in [5.41, 5.74) is -1.16. The second-order valence-electron chi connectivity index (χ2n) is 5.68. The molecule has 1 aliphatic heterocycles. The number of hydrogen-bond acceptors (Lipinski definition) is 3. The third kappa shape index (κ3) is 4.37. The van der Waals surface area contributed by atoms with Gasteiger partial charge in [0.05, 0.1) is 0 Å². The highest BCUT2D eigenvalue weighted by Gasteiger charge is 2.36. The van der Waals surface area contributed by atoms with Gasteiger partial charge in [-0.15, -0.1) is 0 Å².